The van der Waals surface area contributed by atoms with Crippen LogP contribution in [0.2, 0.25) is 0 Å². The summed E-state index contributed by atoms with van der Waals surface area (Å²) in [5.74, 6) is 1.45. The molecule has 3 N–H and O–H groups in total. The van der Waals surface area contributed by atoms with Crippen molar-refractivity contribution in [3.63, 3.8) is 0 Å². The van der Waals surface area contributed by atoms with Crippen LogP contribution in [0.25, 0.3) is 21.9 Å². The van der Waals surface area contributed by atoms with Gasteiger partial charge in [0.15, 0.2) is 11.5 Å². The third kappa shape index (κ3) is 2.18. The molecule has 0 fully saturated rings. The van der Waals surface area contributed by atoms with Crippen LogP contribution in [-0.4, -0.2) is 22.1 Å². The van der Waals surface area contributed by atoms with Gasteiger partial charge in [-0.15, -0.1) is 0 Å². The Morgan fingerprint density at radius 2 is 1.71 bits per heavy atom. The summed E-state index contributed by atoms with van der Waals surface area (Å²) in [4.78, 5) is 0. The first-order valence-corrected chi connectivity index (χ1v) is 7.61. The molecule has 0 aromatic heterocycles. The number of ether oxygens (including phenoxy) is 2. The van der Waals surface area contributed by atoms with Gasteiger partial charge in [-0.2, -0.15) is 0 Å². The first-order valence-electron chi connectivity index (χ1n) is 7.61. The molecule has 0 amide bonds. The molecule has 3 aromatic rings. The lowest BCUT2D eigenvalue weighted by Crippen LogP contribution is -2.00. The average Bonchev–Trinajstić information content (AvgIpc) is 3.09. The van der Waals surface area contributed by atoms with Crippen LogP contribution in [0.15, 0.2) is 42.5 Å². The number of phenolic OH excluding ortho intramolecular Hbond substituents is 1. The molecule has 5 heteroatoms. The van der Waals surface area contributed by atoms with Crippen molar-refractivity contribution >= 4 is 10.8 Å². The first kappa shape index (κ1) is 14.8. The van der Waals surface area contributed by atoms with Gasteiger partial charge in [0.05, 0.1) is 13.2 Å². The van der Waals surface area contributed by atoms with Crippen LogP contribution in [-0.2, 0) is 13.2 Å². The highest BCUT2D eigenvalue weighted by atomic mass is 16.7. The summed E-state index contributed by atoms with van der Waals surface area (Å²) < 4.78 is 11.1. The summed E-state index contributed by atoms with van der Waals surface area (Å²) in [6, 6.07) is 12.3. The van der Waals surface area contributed by atoms with E-state index in [-0.39, 0.29) is 25.8 Å². The Bertz CT molecular complexity index is 915. The highest BCUT2D eigenvalue weighted by molar-refractivity contribution is 6.04. The number of benzene rings is 3. The smallest absolute Gasteiger partial charge is 0.231 e. The molecule has 0 unspecified atom stereocenters. The molecule has 4 rings (SSSR count). The molecule has 24 heavy (non-hydrogen) atoms. The van der Waals surface area contributed by atoms with Crippen molar-refractivity contribution in [1.29, 1.82) is 0 Å². The molecule has 0 aliphatic carbocycles. The molecule has 0 saturated carbocycles. The predicted molar refractivity (Wildman–Crippen MR) is 89.0 cm³/mol. The van der Waals surface area contributed by atoms with Gasteiger partial charge in [0.1, 0.15) is 5.75 Å². The van der Waals surface area contributed by atoms with Crippen LogP contribution in [0.3, 0.4) is 0 Å². The monoisotopic (exact) mass is 324 g/mol. The highest BCUT2D eigenvalue weighted by Gasteiger charge is 2.23. The third-order valence-corrected chi connectivity index (χ3v) is 4.33. The van der Waals surface area contributed by atoms with Crippen molar-refractivity contribution in [2.45, 2.75) is 13.2 Å². The lowest BCUT2D eigenvalue weighted by molar-refractivity contribution is 0.175. The van der Waals surface area contributed by atoms with E-state index >= 15 is 0 Å². The van der Waals surface area contributed by atoms with Gasteiger partial charge in [-0.25, -0.2) is 0 Å². The lowest BCUT2D eigenvalue weighted by atomic mass is 9.89. The van der Waals surface area contributed by atoms with Gasteiger partial charge in [0, 0.05) is 5.39 Å². The highest BCUT2D eigenvalue weighted by Crippen LogP contribution is 2.46. The van der Waals surface area contributed by atoms with Crippen LogP contribution in [0.4, 0.5) is 0 Å². The van der Waals surface area contributed by atoms with Crippen LogP contribution >= 0.6 is 0 Å². The van der Waals surface area contributed by atoms with Gasteiger partial charge in [0.2, 0.25) is 6.79 Å². The van der Waals surface area contributed by atoms with Gasteiger partial charge in [-0.05, 0) is 51.9 Å². The molecule has 0 bridgehead atoms. The van der Waals surface area contributed by atoms with Gasteiger partial charge in [-0.1, -0.05) is 18.2 Å². The van der Waals surface area contributed by atoms with E-state index in [4.69, 9.17) is 9.47 Å². The molecular formula is C19H16O5. The van der Waals surface area contributed by atoms with Crippen molar-refractivity contribution in [1.82, 2.24) is 0 Å². The zero-order chi connectivity index (χ0) is 16.7. The Labute approximate surface area is 138 Å². The van der Waals surface area contributed by atoms with Gasteiger partial charge in [0.25, 0.3) is 0 Å². The van der Waals surface area contributed by atoms with E-state index in [0.717, 1.165) is 21.9 Å². The molecule has 3 aromatic carbocycles. The molecule has 0 radical (unpaired) electrons. The summed E-state index contributed by atoms with van der Waals surface area (Å²) >= 11 is 0. The number of fused-ring (bicyclic) bond motifs is 3. The first-order chi connectivity index (χ1) is 11.7. The summed E-state index contributed by atoms with van der Waals surface area (Å²) in [7, 11) is 0. The van der Waals surface area contributed by atoms with Gasteiger partial charge in [-0.3, -0.25) is 0 Å². The quantitative estimate of drug-likeness (QED) is 0.690. The molecule has 0 spiro atoms. The van der Waals surface area contributed by atoms with E-state index in [9.17, 15) is 15.3 Å². The Balaban J connectivity index is 2.14. The van der Waals surface area contributed by atoms with Gasteiger partial charge >= 0.3 is 0 Å². The maximum Gasteiger partial charge on any atom is 0.231 e. The maximum atomic E-state index is 9.92. The second kappa shape index (κ2) is 5.70. The summed E-state index contributed by atoms with van der Waals surface area (Å²) in [6.45, 7) is -0.238. The number of aliphatic hydroxyl groups is 2. The van der Waals surface area contributed by atoms with Crippen LogP contribution in [0, 0.1) is 0 Å². The summed E-state index contributed by atoms with van der Waals surface area (Å²) in [5.41, 5.74) is 2.90. The molecule has 1 aliphatic rings. The standard InChI is InChI=1S/C19H16O5/c20-8-13-7-12-3-6-16-19(24-10-23-16)18(12)17(15(13)9-21)11-1-4-14(22)5-2-11/h1-7,20-22H,8-10H2. The summed E-state index contributed by atoms with van der Waals surface area (Å²) in [6.07, 6.45) is 0. The fraction of sp³-hybridized carbons (Fsp3) is 0.158. The Morgan fingerprint density at radius 1 is 0.917 bits per heavy atom. The number of aromatic hydroxyl groups is 1. The molecule has 1 aliphatic heterocycles. The van der Waals surface area contributed by atoms with Gasteiger partial charge < -0.3 is 24.8 Å². The number of aliphatic hydroxyl groups excluding tert-OH is 2. The van der Waals surface area contributed by atoms with E-state index in [1.807, 2.05) is 18.2 Å². The number of hydrogen-bond acceptors (Lipinski definition) is 5. The molecular weight excluding hydrogens is 308 g/mol. The molecule has 1 heterocycles. The second-order valence-electron chi connectivity index (χ2n) is 5.65. The van der Waals surface area contributed by atoms with E-state index in [2.05, 4.69) is 0 Å². The zero-order valence-electron chi connectivity index (χ0n) is 12.8. The largest absolute Gasteiger partial charge is 0.508 e. The van der Waals surface area contributed by atoms with E-state index in [0.29, 0.717) is 22.6 Å². The van der Waals surface area contributed by atoms with Crippen LogP contribution < -0.4 is 9.47 Å². The Hall–Kier alpha value is -2.76. The number of phenols is 1. The van der Waals surface area contributed by atoms with E-state index in [1.54, 1.807) is 24.3 Å². The normalized spacial score (nSPS) is 12.8. The fourth-order valence-corrected chi connectivity index (χ4v) is 3.22. The molecule has 0 saturated heterocycles. The topological polar surface area (TPSA) is 79.2 Å². The SMILES string of the molecule is OCc1cc2ccc3c(c2c(-c2ccc(O)cc2)c1CO)OCO3. The van der Waals surface area contributed by atoms with Crippen LogP contribution in [0.5, 0.6) is 17.2 Å². The van der Waals surface area contributed by atoms with Crippen molar-refractivity contribution in [3.05, 3.63) is 53.6 Å². The average molecular weight is 324 g/mol. The number of hydrogen-bond donors (Lipinski definition) is 3. The second-order valence-corrected chi connectivity index (χ2v) is 5.65. The minimum Gasteiger partial charge on any atom is -0.508 e. The fourth-order valence-electron chi connectivity index (χ4n) is 3.22. The van der Waals surface area contributed by atoms with Crippen molar-refractivity contribution in [2.75, 3.05) is 6.79 Å². The van der Waals surface area contributed by atoms with E-state index in [1.165, 1.54) is 0 Å². The minimum atomic E-state index is -0.216. The summed E-state index contributed by atoms with van der Waals surface area (Å²) in [5, 5.41) is 30.9. The van der Waals surface area contributed by atoms with Crippen molar-refractivity contribution in [3.8, 4) is 28.4 Å². The van der Waals surface area contributed by atoms with E-state index < -0.39 is 0 Å². The lowest BCUT2D eigenvalue weighted by Gasteiger charge is -2.17. The van der Waals surface area contributed by atoms with Crippen LogP contribution in [0.1, 0.15) is 11.1 Å². The van der Waals surface area contributed by atoms with Crippen molar-refractivity contribution < 1.29 is 24.8 Å². The Kier molecular flexibility index (Phi) is 3.52. The molecule has 5 nitrogen and oxygen atoms in total. The third-order valence-electron chi connectivity index (χ3n) is 4.33. The molecule has 122 valence electrons. The maximum absolute atomic E-state index is 9.92. The number of rotatable bonds is 3. The zero-order valence-corrected chi connectivity index (χ0v) is 12.8. The minimum absolute atomic E-state index is 0.152. The molecule has 0 atom stereocenters. The Morgan fingerprint density at radius 3 is 2.42 bits per heavy atom. The predicted octanol–water partition coefficient (Wildman–Crippen LogP) is 2.93. The van der Waals surface area contributed by atoms with Crippen molar-refractivity contribution in [2.24, 2.45) is 0 Å².